The van der Waals surface area contributed by atoms with Crippen molar-refractivity contribution in [1.29, 1.82) is 0 Å². The molecule has 1 amide bonds. The molecule has 0 fully saturated rings. The summed E-state index contributed by atoms with van der Waals surface area (Å²) in [4.78, 5) is 17.1. The van der Waals surface area contributed by atoms with Crippen LogP contribution < -0.4 is 5.32 Å². The third kappa shape index (κ3) is 4.67. The highest BCUT2D eigenvalue weighted by atomic mass is 32.2. The van der Waals surface area contributed by atoms with Crippen LogP contribution in [0.4, 0.5) is 10.1 Å². The minimum Gasteiger partial charge on any atom is -0.334 e. The van der Waals surface area contributed by atoms with Crippen LogP contribution in [0.25, 0.3) is 11.3 Å². The summed E-state index contributed by atoms with van der Waals surface area (Å²) in [6.45, 7) is 0.594. The number of likely N-dealkylation sites (N-methyl/N-ethyl adjacent to an activating group) is 1. The van der Waals surface area contributed by atoms with Crippen LogP contribution in [-0.2, 0) is 27.8 Å². The topological polar surface area (TPSA) is 84.3 Å². The van der Waals surface area contributed by atoms with Crippen LogP contribution in [-0.4, -0.2) is 41.8 Å². The number of amides is 1. The smallest absolute Gasteiger partial charge is 0.243 e. The number of benzene rings is 2. The minimum atomic E-state index is -3.90. The number of aromatic nitrogens is 2. The lowest BCUT2D eigenvalue weighted by Crippen LogP contribution is -2.34. The first-order chi connectivity index (χ1) is 14.8. The van der Waals surface area contributed by atoms with Gasteiger partial charge in [0.15, 0.2) is 0 Å². The van der Waals surface area contributed by atoms with Gasteiger partial charge in [-0.1, -0.05) is 12.1 Å². The molecule has 9 heteroatoms. The summed E-state index contributed by atoms with van der Waals surface area (Å²) < 4.78 is 41.3. The highest BCUT2D eigenvalue weighted by molar-refractivity contribution is 7.89. The molecule has 4 rings (SSSR count). The molecular formula is C22H23FN4O3S. The predicted molar refractivity (Wildman–Crippen MR) is 115 cm³/mol. The molecule has 2 aromatic carbocycles. The lowest BCUT2D eigenvalue weighted by Gasteiger charge is -2.17. The fourth-order valence-electron chi connectivity index (χ4n) is 3.58. The molecule has 0 saturated carbocycles. The molecule has 0 atom stereocenters. The Balaban J connectivity index is 1.44. The van der Waals surface area contributed by atoms with Crippen molar-refractivity contribution in [2.75, 3.05) is 18.9 Å². The zero-order valence-corrected chi connectivity index (χ0v) is 17.9. The monoisotopic (exact) mass is 442 g/mol. The molecule has 162 valence electrons. The number of carbonyl (C=O) groups is 1. The predicted octanol–water partition coefficient (Wildman–Crippen LogP) is 3.28. The first kappa shape index (κ1) is 21.2. The van der Waals surface area contributed by atoms with E-state index in [-0.39, 0.29) is 11.4 Å². The summed E-state index contributed by atoms with van der Waals surface area (Å²) in [5, 5.41) is 2.74. The van der Waals surface area contributed by atoms with Crippen molar-refractivity contribution >= 4 is 21.6 Å². The molecule has 3 aromatic rings. The van der Waals surface area contributed by atoms with Crippen LogP contribution in [0.5, 0.6) is 0 Å². The maximum atomic E-state index is 13.1. The fourth-order valence-corrected chi connectivity index (χ4v) is 4.71. The summed E-state index contributed by atoms with van der Waals surface area (Å²) in [5.41, 5.74) is 2.29. The summed E-state index contributed by atoms with van der Waals surface area (Å²) >= 11 is 0. The van der Waals surface area contributed by atoms with Crippen molar-refractivity contribution in [2.45, 2.75) is 30.7 Å². The van der Waals surface area contributed by atoms with Gasteiger partial charge in [-0.25, -0.2) is 17.8 Å². The lowest BCUT2D eigenvalue weighted by molar-refractivity contribution is -0.116. The van der Waals surface area contributed by atoms with Crippen LogP contribution >= 0.6 is 0 Å². The Morgan fingerprint density at radius 1 is 1.19 bits per heavy atom. The Hall–Kier alpha value is -3.04. The maximum absolute atomic E-state index is 13.1. The van der Waals surface area contributed by atoms with Crippen molar-refractivity contribution in [3.63, 3.8) is 0 Å². The van der Waals surface area contributed by atoms with Crippen molar-refractivity contribution in [3.05, 3.63) is 66.4 Å². The van der Waals surface area contributed by atoms with Gasteiger partial charge in [-0.3, -0.25) is 4.79 Å². The first-order valence-corrected chi connectivity index (χ1v) is 11.5. The van der Waals surface area contributed by atoms with Gasteiger partial charge in [-0.05, 0) is 49.2 Å². The zero-order chi connectivity index (χ0) is 22.0. The Morgan fingerprint density at radius 3 is 2.71 bits per heavy atom. The number of aryl methyl sites for hydroxylation is 2. The van der Waals surface area contributed by atoms with Gasteiger partial charge in [0.2, 0.25) is 15.9 Å². The highest BCUT2D eigenvalue weighted by Gasteiger charge is 2.23. The van der Waals surface area contributed by atoms with E-state index in [2.05, 4.69) is 9.88 Å². The number of hydrogen-bond donors (Lipinski definition) is 1. The molecule has 2 heterocycles. The molecule has 1 aromatic heterocycles. The summed E-state index contributed by atoms with van der Waals surface area (Å²) in [6, 6.07) is 11.8. The SMILES string of the molecule is CN(CC(=O)Nc1cccc(-c2cn3c(n2)CCCC3)c1)S(=O)(=O)c1ccc(F)cc1. The average Bonchev–Trinajstić information content (AvgIpc) is 3.18. The molecule has 0 radical (unpaired) electrons. The third-order valence-electron chi connectivity index (χ3n) is 5.24. The molecule has 0 saturated heterocycles. The van der Waals surface area contributed by atoms with Gasteiger partial charge in [0.05, 0.1) is 17.1 Å². The van der Waals surface area contributed by atoms with E-state index < -0.39 is 21.7 Å². The molecule has 0 unspecified atom stereocenters. The van der Waals surface area contributed by atoms with E-state index in [4.69, 9.17) is 4.98 Å². The zero-order valence-electron chi connectivity index (χ0n) is 17.1. The van der Waals surface area contributed by atoms with Gasteiger partial charge in [-0.2, -0.15) is 4.31 Å². The van der Waals surface area contributed by atoms with Crippen LogP contribution in [0, 0.1) is 5.82 Å². The highest BCUT2D eigenvalue weighted by Crippen LogP contribution is 2.25. The van der Waals surface area contributed by atoms with Gasteiger partial charge >= 0.3 is 0 Å². The quantitative estimate of drug-likeness (QED) is 0.635. The van der Waals surface area contributed by atoms with Crippen LogP contribution in [0.2, 0.25) is 0 Å². The Bertz CT molecular complexity index is 1180. The van der Waals surface area contributed by atoms with Crippen molar-refractivity contribution in [1.82, 2.24) is 13.9 Å². The molecule has 0 aliphatic carbocycles. The van der Waals surface area contributed by atoms with E-state index in [0.29, 0.717) is 5.69 Å². The Kier molecular flexibility index (Phi) is 5.88. The van der Waals surface area contributed by atoms with Gasteiger partial charge < -0.3 is 9.88 Å². The standard InChI is InChI=1S/C22H23FN4O3S/c1-26(31(29,30)19-10-8-17(23)9-11-19)15-22(28)24-18-6-4-5-16(13-18)20-14-27-12-3-2-7-21(27)25-20/h4-6,8-11,13-14H,2-3,7,12,15H2,1H3,(H,24,28). The number of nitrogens with one attached hydrogen (secondary N) is 1. The second-order valence-corrected chi connectivity index (χ2v) is 9.58. The van der Waals surface area contributed by atoms with Gasteiger partial charge in [0.1, 0.15) is 11.6 Å². The lowest BCUT2D eigenvalue weighted by atomic mass is 10.1. The number of hydrogen-bond acceptors (Lipinski definition) is 4. The summed E-state index contributed by atoms with van der Waals surface area (Å²) in [6.07, 6.45) is 5.28. The van der Waals surface area contributed by atoms with E-state index in [1.54, 1.807) is 6.07 Å². The van der Waals surface area contributed by atoms with E-state index >= 15 is 0 Å². The van der Waals surface area contributed by atoms with Gasteiger partial charge in [0.25, 0.3) is 0 Å². The van der Waals surface area contributed by atoms with Crippen molar-refractivity contribution in [3.8, 4) is 11.3 Å². The number of halogens is 1. The largest absolute Gasteiger partial charge is 0.334 e. The molecule has 1 aliphatic heterocycles. The number of sulfonamides is 1. The number of nitrogens with zero attached hydrogens (tertiary/aromatic N) is 3. The number of rotatable bonds is 6. The number of anilines is 1. The molecule has 31 heavy (non-hydrogen) atoms. The number of imidazole rings is 1. The van der Waals surface area contributed by atoms with Gasteiger partial charge in [-0.15, -0.1) is 0 Å². The van der Waals surface area contributed by atoms with E-state index in [1.807, 2.05) is 24.4 Å². The summed E-state index contributed by atoms with van der Waals surface area (Å²) in [5.74, 6) is 0.0653. The van der Waals surface area contributed by atoms with E-state index in [0.717, 1.165) is 59.3 Å². The molecular weight excluding hydrogens is 419 g/mol. The van der Waals surface area contributed by atoms with Crippen LogP contribution in [0.1, 0.15) is 18.7 Å². The molecule has 1 aliphatic rings. The second-order valence-electron chi connectivity index (χ2n) is 7.54. The second kappa shape index (κ2) is 8.60. The normalized spacial score (nSPS) is 13.8. The van der Waals surface area contributed by atoms with E-state index in [9.17, 15) is 17.6 Å². The van der Waals surface area contributed by atoms with Crippen molar-refractivity contribution in [2.24, 2.45) is 0 Å². The average molecular weight is 443 g/mol. The fraction of sp³-hybridized carbons (Fsp3) is 0.273. The first-order valence-electron chi connectivity index (χ1n) is 10.0. The van der Waals surface area contributed by atoms with Crippen LogP contribution in [0.15, 0.2) is 59.6 Å². The van der Waals surface area contributed by atoms with Gasteiger partial charge in [0, 0.05) is 37.5 Å². The number of fused-ring (bicyclic) bond motifs is 1. The molecule has 1 N–H and O–H groups in total. The van der Waals surface area contributed by atoms with Crippen LogP contribution in [0.3, 0.4) is 0 Å². The Morgan fingerprint density at radius 2 is 1.97 bits per heavy atom. The minimum absolute atomic E-state index is 0.0741. The third-order valence-corrected chi connectivity index (χ3v) is 7.06. The molecule has 0 bridgehead atoms. The molecule has 7 nitrogen and oxygen atoms in total. The Labute approximate surface area is 180 Å². The van der Waals surface area contributed by atoms with Crippen molar-refractivity contribution < 1.29 is 17.6 Å². The molecule has 0 spiro atoms. The van der Waals surface area contributed by atoms with E-state index in [1.165, 1.54) is 19.2 Å². The maximum Gasteiger partial charge on any atom is 0.243 e. The summed E-state index contributed by atoms with van der Waals surface area (Å²) in [7, 11) is -2.59. The number of carbonyl (C=O) groups excluding carboxylic acids is 1.